The van der Waals surface area contributed by atoms with E-state index in [0.29, 0.717) is 6.61 Å². The Morgan fingerprint density at radius 2 is 2.15 bits per heavy atom. The average molecular weight is 277 g/mol. The summed E-state index contributed by atoms with van der Waals surface area (Å²) in [4.78, 5) is 0. The smallest absolute Gasteiger partial charge is 0.165 e. The zero-order chi connectivity index (χ0) is 14.7. The van der Waals surface area contributed by atoms with Crippen molar-refractivity contribution in [3.63, 3.8) is 0 Å². The predicted molar refractivity (Wildman–Crippen MR) is 76.0 cm³/mol. The number of aryl methyl sites for hydroxylation is 2. The van der Waals surface area contributed by atoms with Crippen molar-refractivity contribution in [1.29, 1.82) is 0 Å². The van der Waals surface area contributed by atoms with E-state index in [1.54, 1.807) is 12.1 Å². The summed E-state index contributed by atoms with van der Waals surface area (Å²) >= 11 is 0. The third-order valence-electron chi connectivity index (χ3n) is 3.14. The molecule has 0 radical (unpaired) electrons. The summed E-state index contributed by atoms with van der Waals surface area (Å²) in [5.74, 6) is -0.157. The zero-order valence-corrected chi connectivity index (χ0v) is 12.1. The van der Waals surface area contributed by atoms with Crippen molar-refractivity contribution in [1.82, 2.24) is 9.78 Å². The van der Waals surface area contributed by atoms with Crippen LogP contribution in [0.5, 0.6) is 5.75 Å². The number of aromatic nitrogens is 2. The molecule has 0 amide bonds. The first kappa shape index (κ1) is 14.5. The average Bonchev–Trinajstić information content (AvgIpc) is 2.77. The molecule has 0 saturated heterocycles. The van der Waals surface area contributed by atoms with Crippen LogP contribution in [-0.2, 0) is 13.2 Å². The number of hydrogen-bond donors (Lipinski definition) is 1. The molecule has 2 aromatic rings. The summed E-state index contributed by atoms with van der Waals surface area (Å²) in [6.07, 6.45) is 0. The molecule has 1 aromatic carbocycles. The van der Waals surface area contributed by atoms with Gasteiger partial charge in [0.15, 0.2) is 11.6 Å². The van der Waals surface area contributed by atoms with Crippen molar-refractivity contribution in [2.45, 2.75) is 40.0 Å². The summed E-state index contributed by atoms with van der Waals surface area (Å²) in [6.45, 7) is 6.81. The fourth-order valence-corrected chi connectivity index (χ4v) is 2.06. The Labute approximate surface area is 118 Å². The van der Waals surface area contributed by atoms with Crippen molar-refractivity contribution in [3.8, 4) is 5.75 Å². The van der Waals surface area contributed by atoms with Gasteiger partial charge in [0.2, 0.25) is 0 Å². The molecule has 108 valence electrons. The molecule has 0 fully saturated rings. The number of nitrogens with zero attached hydrogens (tertiary/aromatic N) is 2. The summed E-state index contributed by atoms with van der Waals surface area (Å²) in [7, 11) is 0. The molecule has 0 aliphatic carbocycles. The van der Waals surface area contributed by atoms with Gasteiger partial charge in [-0.2, -0.15) is 5.10 Å². The second-order valence-electron chi connectivity index (χ2n) is 4.86. The molecule has 20 heavy (non-hydrogen) atoms. The molecule has 0 saturated carbocycles. The Bertz CT molecular complexity index is 593. The molecule has 5 heteroatoms. The summed E-state index contributed by atoms with van der Waals surface area (Å²) in [5, 5.41) is 4.33. The Balaban J connectivity index is 2.10. The van der Waals surface area contributed by atoms with Crippen LogP contribution >= 0.6 is 0 Å². The molecule has 1 unspecified atom stereocenters. The van der Waals surface area contributed by atoms with Crippen LogP contribution in [0, 0.1) is 12.7 Å². The molecular formula is C15H20FN3O. The molecule has 2 N–H and O–H groups in total. The van der Waals surface area contributed by atoms with Crippen molar-refractivity contribution in [2.24, 2.45) is 5.73 Å². The molecular weight excluding hydrogens is 257 g/mol. The first-order valence-electron chi connectivity index (χ1n) is 6.72. The molecule has 1 heterocycles. The van der Waals surface area contributed by atoms with Crippen LogP contribution in [0.4, 0.5) is 4.39 Å². The maximum absolute atomic E-state index is 13.9. The van der Waals surface area contributed by atoms with Crippen molar-refractivity contribution in [2.75, 3.05) is 0 Å². The minimum absolute atomic E-state index is 0.192. The van der Waals surface area contributed by atoms with Gasteiger partial charge in [-0.15, -0.1) is 0 Å². The number of ether oxygens (including phenoxy) is 1. The Kier molecular flexibility index (Phi) is 4.39. The quantitative estimate of drug-likeness (QED) is 0.914. The van der Waals surface area contributed by atoms with Crippen molar-refractivity contribution < 1.29 is 9.13 Å². The van der Waals surface area contributed by atoms with Crippen molar-refractivity contribution in [3.05, 3.63) is 47.0 Å². The molecule has 0 aliphatic heterocycles. The second-order valence-corrected chi connectivity index (χ2v) is 4.86. The lowest BCUT2D eigenvalue weighted by molar-refractivity contribution is 0.278. The highest BCUT2D eigenvalue weighted by Crippen LogP contribution is 2.22. The molecule has 0 aliphatic rings. The predicted octanol–water partition coefficient (Wildman–Crippen LogP) is 2.95. The van der Waals surface area contributed by atoms with E-state index in [9.17, 15) is 4.39 Å². The zero-order valence-electron chi connectivity index (χ0n) is 12.1. The molecule has 0 bridgehead atoms. The second kappa shape index (κ2) is 6.05. The Hall–Kier alpha value is -1.88. The van der Waals surface area contributed by atoms with Crippen LogP contribution < -0.4 is 10.5 Å². The van der Waals surface area contributed by atoms with Crippen LogP contribution in [0.15, 0.2) is 24.3 Å². The van der Waals surface area contributed by atoms with E-state index in [2.05, 4.69) is 5.10 Å². The van der Waals surface area contributed by atoms with E-state index in [4.69, 9.17) is 10.5 Å². The summed E-state index contributed by atoms with van der Waals surface area (Å²) < 4.78 is 21.3. The van der Waals surface area contributed by atoms with E-state index in [1.807, 2.05) is 31.5 Å². The number of halogens is 1. The normalized spacial score (nSPS) is 12.4. The lowest BCUT2D eigenvalue weighted by Crippen LogP contribution is -2.08. The number of rotatable bonds is 5. The van der Waals surface area contributed by atoms with Gasteiger partial charge in [-0.3, -0.25) is 4.68 Å². The van der Waals surface area contributed by atoms with Crippen molar-refractivity contribution >= 4 is 0 Å². The molecule has 4 nitrogen and oxygen atoms in total. The highest BCUT2D eigenvalue weighted by atomic mass is 19.1. The highest BCUT2D eigenvalue weighted by molar-refractivity contribution is 5.31. The van der Waals surface area contributed by atoms with Crippen LogP contribution in [0.25, 0.3) is 0 Å². The summed E-state index contributed by atoms with van der Waals surface area (Å²) in [6, 6.07) is 6.57. The number of hydrogen-bond acceptors (Lipinski definition) is 3. The van der Waals surface area contributed by atoms with Gasteiger partial charge in [0.25, 0.3) is 0 Å². The van der Waals surface area contributed by atoms with Gasteiger partial charge in [-0.05, 0) is 44.5 Å². The van der Waals surface area contributed by atoms with Gasteiger partial charge in [-0.25, -0.2) is 4.39 Å². The maximum Gasteiger partial charge on any atom is 0.165 e. The van der Waals surface area contributed by atoms with Gasteiger partial charge >= 0.3 is 0 Å². The van der Waals surface area contributed by atoms with Gasteiger partial charge < -0.3 is 10.5 Å². The number of benzene rings is 1. The molecule has 1 aromatic heterocycles. The van der Waals surface area contributed by atoms with Gasteiger partial charge in [0.1, 0.15) is 6.61 Å². The lowest BCUT2D eigenvalue weighted by atomic mass is 10.1. The third-order valence-corrected chi connectivity index (χ3v) is 3.14. The van der Waals surface area contributed by atoms with Crippen LogP contribution in [0.2, 0.25) is 0 Å². The topological polar surface area (TPSA) is 53.1 Å². The van der Waals surface area contributed by atoms with E-state index in [0.717, 1.165) is 23.5 Å². The van der Waals surface area contributed by atoms with E-state index in [1.165, 1.54) is 6.07 Å². The Morgan fingerprint density at radius 1 is 1.40 bits per heavy atom. The summed E-state index contributed by atoms with van der Waals surface area (Å²) in [5.41, 5.74) is 8.33. The molecule has 0 spiro atoms. The number of nitrogens with two attached hydrogens (primary N) is 1. The monoisotopic (exact) mass is 277 g/mol. The molecule has 1 atom stereocenters. The highest BCUT2D eigenvalue weighted by Gasteiger charge is 2.09. The van der Waals surface area contributed by atoms with Gasteiger partial charge in [0, 0.05) is 12.6 Å². The molecule has 2 rings (SSSR count). The fraction of sp³-hybridized carbons (Fsp3) is 0.400. The van der Waals surface area contributed by atoms with E-state index < -0.39 is 0 Å². The SMILES string of the molecule is CCn1nc(C)cc1COc1ccc(C(C)N)cc1F. The standard InChI is InChI=1S/C15H20FN3O/c1-4-19-13(7-10(2)18-19)9-20-15-6-5-12(11(3)17)8-14(15)16/h5-8,11H,4,9,17H2,1-3H3. The minimum Gasteiger partial charge on any atom is -0.484 e. The van der Waals surface area contributed by atoms with Crippen LogP contribution in [0.3, 0.4) is 0 Å². The first-order chi connectivity index (χ1) is 9.51. The fourth-order valence-electron chi connectivity index (χ4n) is 2.06. The minimum atomic E-state index is -0.390. The maximum atomic E-state index is 13.9. The first-order valence-corrected chi connectivity index (χ1v) is 6.72. The largest absolute Gasteiger partial charge is 0.484 e. The van der Waals surface area contributed by atoms with E-state index >= 15 is 0 Å². The van der Waals surface area contributed by atoms with Crippen LogP contribution in [-0.4, -0.2) is 9.78 Å². The Morgan fingerprint density at radius 3 is 2.75 bits per heavy atom. The van der Waals surface area contributed by atoms with Gasteiger partial charge in [0.05, 0.1) is 11.4 Å². The van der Waals surface area contributed by atoms with Gasteiger partial charge in [-0.1, -0.05) is 6.07 Å². The van der Waals surface area contributed by atoms with Crippen LogP contribution in [0.1, 0.15) is 36.8 Å². The third kappa shape index (κ3) is 3.17. The van der Waals surface area contributed by atoms with E-state index in [-0.39, 0.29) is 17.6 Å². The lowest BCUT2D eigenvalue weighted by Gasteiger charge is -2.11.